The summed E-state index contributed by atoms with van der Waals surface area (Å²) in [5.41, 5.74) is 5.31. The summed E-state index contributed by atoms with van der Waals surface area (Å²) in [4.78, 5) is 24.0. The molecule has 0 spiro atoms. The molecule has 2 aromatic heterocycles. The molecule has 1 fully saturated rings. The zero-order valence-electron chi connectivity index (χ0n) is 27.2. The smallest absolute Gasteiger partial charge is 0.368 e. The van der Waals surface area contributed by atoms with E-state index in [2.05, 4.69) is 15.0 Å². The second-order valence-electron chi connectivity index (χ2n) is 13.0. The van der Waals surface area contributed by atoms with E-state index in [1.807, 2.05) is 32.9 Å². The minimum Gasteiger partial charge on any atom is -0.368 e. The first-order chi connectivity index (χ1) is 23.7. The van der Waals surface area contributed by atoms with E-state index >= 15 is 0 Å². The normalized spacial score (nSPS) is 13.9. The summed E-state index contributed by atoms with van der Waals surface area (Å²) in [6, 6.07) is 6.15. The molecule has 9 nitrogen and oxygen atoms in total. The zero-order valence-corrected chi connectivity index (χ0v) is 28.0. The Morgan fingerprint density at radius 3 is 2.02 bits per heavy atom. The second kappa shape index (κ2) is 13.8. The number of sulfonamides is 1. The van der Waals surface area contributed by atoms with Crippen molar-refractivity contribution < 1.29 is 48.3 Å². The largest absolute Gasteiger partial charge is 0.416 e. The lowest BCUT2D eigenvalue weighted by atomic mass is 9.84. The number of alkyl halides is 3. The number of pyridine rings is 1. The van der Waals surface area contributed by atoms with Gasteiger partial charge in [0, 0.05) is 18.9 Å². The number of nitrogens with two attached hydrogens (primary N) is 1. The number of anilines is 2. The van der Waals surface area contributed by atoms with Crippen LogP contribution in [0.15, 0.2) is 53.9 Å². The number of nitrogen functional groups attached to an aromatic ring is 1. The summed E-state index contributed by atoms with van der Waals surface area (Å²) in [6.07, 6.45) is 0.318. The Balaban J connectivity index is 1.64. The van der Waals surface area contributed by atoms with E-state index in [0.29, 0.717) is 17.8 Å². The van der Waals surface area contributed by atoms with Gasteiger partial charge in [0.15, 0.2) is 28.2 Å². The van der Waals surface area contributed by atoms with Gasteiger partial charge in [-0.2, -0.15) is 17.5 Å². The predicted molar refractivity (Wildman–Crippen MR) is 168 cm³/mol. The Bertz CT molecular complexity index is 2060. The molecule has 0 saturated heterocycles. The number of halogens is 8. The third kappa shape index (κ3) is 7.96. The third-order valence-electron chi connectivity index (χ3n) is 8.18. The molecular weight excluding hydrogens is 712 g/mol. The molecule has 51 heavy (non-hydrogen) atoms. The minimum atomic E-state index is -5.97. The summed E-state index contributed by atoms with van der Waals surface area (Å²) in [7, 11) is -5.97. The number of carbonyl (C=O) groups excluding carboxylic acids is 1. The number of amides is 1. The quantitative estimate of drug-likeness (QED) is 0.108. The van der Waals surface area contributed by atoms with Crippen molar-refractivity contribution in [2.24, 2.45) is 0 Å². The van der Waals surface area contributed by atoms with E-state index in [1.54, 1.807) is 6.07 Å². The maximum absolute atomic E-state index is 15.0. The van der Waals surface area contributed by atoms with Gasteiger partial charge in [-0.1, -0.05) is 39.0 Å². The van der Waals surface area contributed by atoms with Crippen molar-refractivity contribution in [3.63, 3.8) is 0 Å². The first-order valence-electron chi connectivity index (χ1n) is 15.2. The highest BCUT2D eigenvalue weighted by Crippen LogP contribution is 2.42. The standard InChI is InChI=1S/C33H30F8N6O3S/c1-32(2,3)21-9-17(8-19(10-21)18-4-5-18)14-47(22-12-44-31(42)45-13-22)24(48)16-46(15-20-11-43-7-6-23(20)33(39,40)41)51(49,50)30-28(37)26(35)25(34)27(36)29(30)38/h6-13,18H,4-5,14-16H2,1-3H3,(H2,42,44,45). The Kier molecular flexibility index (Phi) is 10.1. The van der Waals surface area contributed by atoms with E-state index in [4.69, 9.17) is 5.73 Å². The number of aromatic nitrogens is 3. The van der Waals surface area contributed by atoms with Crippen LogP contribution in [0.5, 0.6) is 0 Å². The Morgan fingerprint density at radius 1 is 0.882 bits per heavy atom. The van der Waals surface area contributed by atoms with Gasteiger partial charge >= 0.3 is 6.18 Å². The highest BCUT2D eigenvalue weighted by molar-refractivity contribution is 7.89. The van der Waals surface area contributed by atoms with Crippen molar-refractivity contribution >= 4 is 27.6 Å². The summed E-state index contributed by atoms with van der Waals surface area (Å²) in [5.74, 6) is -14.6. The molecule has 0 atom stereocenters. The topological polar surface area (TPSA) is 122 Å². The molecule has 1 amide bonds. The SMILES string of the molecule is CC(C)(C)c1cc(CN(C(=O)CN(Cc2cnccc2C(F)(F)F)S(=O)(=O)c2c(F)c(F)c(F)c(F)c2F)c2cnc(N)nc2)cc(C2CC2)c1. The van der Waals surface area contributed by atoms with E-state index in [0.717, 1.165) is 47.5 Å². The molecule has 1 aliphatic rings. The fourth-order valence-electron chi connectivity index (χ4n) is 5.29. The van der Waals surface area contributed by atoms with Crippen molar-refractivity contribution in [1.82, 2.24) is 19.3 Å². The molecule has 4 aromatic rings. The molecular formula is C33H30F8N6O3S. The predicted octanol–water partition coefficient (Wildman–Crippen LogP) is 6.77. The fraction of sp³-hybridized carbons (Fsp3) is 0.333. The lowest BCUT2D eigenvalue weighted by Crippen LogP contribution is -2.43. The molecule has 2 aromatic carbocycles. The Labute approximate surface area is 287 Å². The van der Waals surface area contributed by atoms with Crippen molar-refractivity contribution in [3.05, 3.63) is 106 Å². The van der Waals surface area contributed by atoms with E-state index in [9.17, 15) is 48.3 Å². The Morgan fingerprint density at radius 2 is 1.47 bits per heavy atom. The van der Waals surface area contributed by atoms with Crippen LogP contribution in [0, 0.1) is 29.1 Å². The number of rotatable bonds is 10. The Hall–Kier alpha value is -4.71. The first kappa shape index (κ1) is 37.5. The second-order valence-corrected chi connectivity index (χ2v) is 14.8. The molecule has 0 radical (unpaired) electrons. The van der Waals surface area contributed by atoms with Gasteiger partial charge in [-0.15, -0.1) is 0 Å². The number of carbonyl (C=O) groups is 1. The molecule has 0 aliphatic heterocycles. The van der Waals surface area contributed by atoms with Crippen LogP contribution >= 0.6 is 0 Å². The number of benzene rings is 2. The van der Waals surface area contributed by atoms with Gasteiger partial charge in [-0.3, -0.25) is 9.78 Å². The van der Waals surface area contributed by atoms with Gasteiger partial charge in [0.2, 0.25) is 27.7 Å². The average molecular weight is 743 g/mol. The zero-order chi connectivity index (χ0) is 37.6. The van der Waals surface area contributed by atoms with Gasteiger partial charge in [0.25, 0.3) is 0 Å². The molecule has 5 rings (SSSR count). The van der Waals surface area contributed by atoms with E-state index < -0.39 is 80.3 Å². The van der Waals surface area contributed by atoms with E-state index in [-0.39, 0.29) is 33.8 Å². The maximum Gasteiger partial charge on any atom is 0.416 e. The summed E-state index contributed by atoms with van der Waals surface area (Å²) < 4.78 is 142. The number of nitrogens with zero attached hydrogens (tertiary/aromatic N) is 5. The average Bonchev–Trinajstić information content (AvgIpc) is 3.91. The number of hydrogen-bond donors (Lipinski definition) is 1. The van der Waals surface area contributed by atoms with Gasteiger partial charge in [-0.05, 0) is 52.5 Å². The van der Waals surface area contributed by atoms with Crippen LogP contribution in [0.2, 0.25) is 0 Å². The van der Waals surface area contributed by atoms with Crippen molar-refractivity contribution in [2.75, 3.05) is 17.2 Å². The van der Waals surface area contributed by atoms with Gasteiger partial charge < -0.3 is 10.6 Å². The van der Waals surface area contributed by atoms with Crippen LogP contribution in [-0.2, 0) is 39.5 Å². The fourth-order valence-corrected chi connectivity index (χ4v) is 6.77. The minimum absolute atomic E-state index is 0.0609. The van der Waals surface area contributed by atoms with Crippen LogP contribution in [0.1, 0.15) is 67.3 Å². The van der Waals surface area contributed by atoms with Crippen molar-refractivity contribution in [2.45, 2.75) is 69.1 Å². The molecule has 0 unspecified atom stereocenters. The van der Waals surface area contributed by atoms with Gasteiger partial charge in [0.1, 0.15) is 0 Å². The van der Waals surface area contributed by atoms with Crippen LogP contribution in [0.4, 0.5) is 46.8 Å². The molecule has 18 heteroatoms. The van der Waals surface area contributed by atoms with Gasteiger partial charge in [-0.25, -0.2) is 40.3 Å². The summed E-state index contributed by atoms with van der Waals surface area (Å²) in [6.45, 7) is 2.74. The summed E-state index contributed by atoms with van der Waals surface area (Å²) >= 11 is 0. The molecule has 2 heterocycles. The first-order valence-corrected chi connectivity index (χ1v) is 16.7. The molecule has 2 N–H and O–H groups in total. The highest BCUT2D eigenvalue weighted by atomic mass is 32.2. The van der Waals surface area contributed by atoms with Crippen LogP contribution in [0.25, 0.3) is 0 Å². The maximum atomic E-state index is 15.0. The molecule has 1 aliphatic carbocycles. The van der Waals surface area contributed by atoms with Crippen molar-refractivity contribution in [1.29, 1.82) is 0 Å². The van der Waals surface area contributed by atoms with E-state index in [1.165, 1.54) is 0 Å². The molecule has 0 bridgehead atoms. The molecule has 1 saturated carbocycles. The summed E-state index contributed by atoms with van der Waals surface area (Å²) in [5, 5.41) is 0. The lowest BCUT2D eigenvalue weighted by Gasteiger charge is -2.29. The lowest BCUT2D eigenvalue weighted by molar-refractivity contribution is -0.138. The van der Waals surface area contributed by atoms with Crippen molar-refractivity contribution in [3.8, 4) is 0 Å². The number of hydrogen-bond acceptors (Lipinski definition) is 7. The third-order valence-corrected chi connectivity index (χ3v) is 9.99. The van der Waals surface area contributed by atoms with Gasteiger partial charge in [0.05, 0.1) is 36.7 Å². The highest BCUT2D eigenvalue weighted by Gasteiger charge is 2.41. The van der Waals surface area contributed by atoms with Crippen LogP contribution in [-0.4, -0.2) is 40.1 Å². The van der Waals surface area contributed by atoms with Crippen LogP contribution in [0.3, 0.4) is 0 Å². The molecule has 272 valence electrons. The van der Waals surface area contributed by atoms with Crippen LogP contribution < -0.4 is 10.6 Å². The monoisotopic (exact) mass is 742 g/mol.